The van der Waals surface area contributed by atoms with Crippen LogP contribution in [0.15, 0.2) is 12.1 Å². The second kappa shape index (κ2) is 5.85. The van der Waals surface area contributed by atoms with Gasteiger partial charge in [0.2, 0.25) is 5.91 Å². The van der Waals surface area contributed by atoms with Crippen molar-refractivity contribution in [1.29, 1.82) is 0 Å². The number of amides is 1. The van der Waals surface area contributed by atoms with Crippen LogP contribution in [0.25, 0.3) is 0 Å². The molecule has 0 aliphatic carbocycles. The molecule has 4 nitrogen and oxygen atoms in total. The number of nitrogen functional groups attached to an aromatic ring is 1. The Hall–Kier alpha value is -1.78. The molecule has 0 saturated carbocycles. The number of carbonyl (C=O) groups excluding carboxylic acids is 1. The third-order valence-electron chi connectivity index (χ3n) is 1.41. The Morgan fingerprint density at radius 2 is 2.00 bits per heavy atom. The van der Waals surface area contributed by atoms with Gasteiger partial charge in [-0.2, -0.15) is 0 Å². The fourth-order valence-electron chi connectivity index (χ4n) is 0.896. The molecule has 1 amide bonds. The number of anilines is 2. The van der Waals surface area contributed by atoms with E-state index in [4.69, 9.17) is 10.8 Å². The Bertz CT molecular complexity index is 330. The number of carbonyl (C=O) groups is 1. The standard InChI is InChI=1S/C8H9FN2O2.C2H6/c1-4(12)11-5-2-6(9)8(13)7(10)3-5;1-2/h2-3,13H,10H2,1H3,(H,11,12);1-2H3. The van der Waals surface area contributed by atoms with Crippen LogP contribution in [0.5, 0.6) is 5.75 Å². The lowest BCUT2D eigenvalue weighted by atomic mass is 10.2. The molecule has 0 aliphatic heterocycles. The number of nitrogens with one attached hydrogen (secondary N) is 1. The molecular formula is C10H15FN2O2. The van der Waals surface area contributed by atoms with E-state index in [1.807, 2.05) is 13.8 Å². The highest BCUT2D eigenvalue weighted by molar-refractivity contribution is 5.89. The van der Waals surface area contributed by atoms with Crippen LogP contribution in [0, 0.1) is 5.82 Å². The van der Waals surface area contributed by atoms with E-state index >= 15 is 0 Å². The average Bonchev–Trinajstić information content (AvgIpc) is 2.16. The van der Waals surface area contributed by atoms with Crippen LogP contribution in [0.3, 0.4) is 0 Å². The molecule has 0 saturated heterocycles. The smallest absolute Gasteiger partial charge is 0.221 e. The molecule has 15 heavy (non-hydrogen) atoms. The summed E-state index contributed by atoms with van der Waals surface area (Å²) in [6.45, 7) is 5.29. The minimum absolute atomic E-state index is 0.108. The lowest BCUT2D eigenvalue weighted by Gasteiger charge is -2.05. The van der Waals surface area contributed by atoms with Gasteiger partial charge in [-0.1, -0.05) is 13.8 Å². The molecule has 0 unspecified atom stereocenters. The van der Waals surface area contributed by atoms with Crippen LogP contribution in [-0.2, 0) is 4.79 Å². The van der Waals surface area contributed by atoms with Gasteiger partial charge in [0.25, 0.3) is 0 Å². The summed E-state index contributed by atoms with van der Waals surface area (Å²) in [4.78, 5) is 10.6. The van der Waals surface area contributed by atoms with Crippen molar-refractivity contribution in [1.82, 2.24) is 0 Å². The summed E-state index contributed by atoms with van der Waals surface area (Å²) in [5.74, 6) is -1.79. The Labute approximate surface area is 87.9 Å². The number of rotatable bonds is 1. The number of hydrogen-bond acceptors (Lipinski definition) is 3. The van der Waals surface area contributed by atoms with Crippen LogP contribution in [0.1, 0.15) is 20.8 Å². The maximum Gasteiger partial charge on any atom is 0.221 e. The zero-order chi connectivity index (χ0) is 12.0. The Morgan fingerprint density at radius 3 is 2.40 bits per heavy atom. The highest BCUT2D eigenvalue weighted by atomic mass is 19.1. The van der Waals surface area contributed by atoms with Gasteiger partial charge in [-0.25, -0.2) is 4.39 Å². The number of aromatic hydroxyl groups is 1. The predicted octanol–water partition coefficient (Wildman–Crippen LogP) is 2.10. The van der Waals surface area contributed by atoms with Gasteiger partial charge in [-0.3, -0.25) is 4.79 Å². The second-order valence-electron chi connectivity index (χ2n) is 2.58. The van der Waals surface area contributed by atoms with Gasteiger partial charge in [0.1, 0.15) is 0 Å². The lowest BCUT2D eigenvalue weighted by molar-refractivity contribution is -0.114. The van der Waals surface area contributed by atoms with Crippen molar-refractivity contribution in [3.8, 4) is 5.75 Å². The number of phenols is 1. The van der Waals surface area contributed by atoms with Gasteiger partial charge in [0, 0.05) is 18.7 Å². The van der Waals surface area contributed by atoms with Gasteiger partial charge in [0.15, 0.2) is 11.6 Å². The van der Waals surface area contributed by atoms with Crippen LogP contribution in [0.2, 0.25) is 0 Å². The van der Waals surface area contributed by atoms with Crippen molar-refractivity contribution in [3.63, 3.8) is 0 Å². The molecule has 0 aliphatic rings. The van der Waals surface area contributed by atoms with E-state index < -0.39 is 11.6 Å². The average molecular weight is 214 g/mol. The molecule has 0 heterocycles. The van der Waals surface area contributed by atoms with Crippen LogP contribution in [-0.4, -0.2) is 11.0 Å². The van der Waals surface area contributed by atoms with E-state index in [1.54, 1.807) is 0 Å². The first kappa shape index (κ1) is 13.2. The Kier molecular flexibility index (Phi) is 5.15. The maximum atomic E-state index is 12.8. The largest absolute Gasteiger partial charge is 0.503 e. The molecule has 0 atom stereocenters. The van der Waals surface area contributed by atoms with E-state index in [0.717, 1.165) is 6.07 Å². The summed E-state index contributed by atoms with van der Waals surface area (Å²) in [6.07, 6.45) is 0. The fourth-order valence-corrected chi connectivity index (χ4v) is 0.896. The van der Waals surface area contributed by atoms with Crippen molar-refractivity contribution in [2.24, 2.45) is 0 Å². The fraction of sp³-hybridized carbons (Fsp3) is 0.300. The number of nitrogens with two attached hydrogens (primary N) is 1. The molecule has 0 radical (unpaired) electrons. The van der Waals surface area contributed by atoms with Crippen molar-refractivity contribution in [2.75, 3.05) is 11.1 Å². The number of benzene rings is 1. The van der Waals surface area contributed by atoms with Gasteiger partial charge >= 0.3 is 0 Å². The SMILES string of the molecule is CC.CC(=O)Nc1cc(N)c(O)c(F)c1. The lowest BCUT2D eigenvalue weighted by Crippen LogP contribution is -2.06. The monoisotopic (exact) mass is 214 g/mol. The molecule has 1 aromatic rings. The summed E-state index contributed by atoms with van der Waals surface area (Å²) in [7, 11) is 0. The first-order valence-corrected chi connectivity index (χ1v) is 4.56. The summed E-state index contributed by atoms with van der Waals surface area (Å²) >= 11 is 0. The van der Waals surface area contributed by atoms with E-state index in [0.29, 0.717) is 0 Å². The van der Waals surface area contributed by atoms with Gasteiger partial charge in [-0.05, 0) is 6.07 Å². The summed E-state index contributed by atoms with van der Waals surface area (Å²) in [5.41, 5.74) is 5.37. The minimum Gasteiger partial charge on any atom is -0.503 e. The predicted molar refractivity (Wildman–Crippen MR) is 58.1 cm³/mol. The van der Waals surface area contributed by atoms with E-state index in [9.17, 15) is 9.18 Å². The van der Waals surface area contributed by atoms with E-state index in [-0.39, 0.29) is 17.3 Å². The molecule has 0 aromatic heterocycles. The molecule has 1 rings (SSSR count). The molecule has 84 valence electrons. The summed E-state index contributed by atoms with van der Waals surface area (Å²) in [5, 5.41) is 11.3. The summed E-state index contributed by atoms with van der Waals surface area (Å²) in [6, 6.07) is 2.27. The Balaban J connectivity index is 0.000000921. The summed E-state index contributed by atoms with van der Waals surface area (Å²) < 4.78 is 12.8. The molecular weight excluding hydrogens is 199 g/mol. The Morgan fingerprint density at radius 1 is 1.47 bits per heavy atom. The van der Waals surface area contributed by atoms with E-state index in [1.165, 1.54) is 13.0 Å². The highest BCUT2D eigenvalue weighted by Gasteiger charge is 2.07. The second-order valence-corrected chi connectivity index (χ2v) is 2.58. The van der Waals surface area contributed by atoms with Crippen LogP contribution in [0.4, 0.5) is 15.8 Å². The van der Waals surface area contributed by atoms with Crippen molar-refractivity contribution in [2.45, 2.75) is 20.8 Å². The number of hydrogen-bond donors (Lipinski definition) is 3. The third kappa shape index (κ3) is 3.84. The van der Waals surface area contributed by atoms with Crippen LogP contribution >= 0.6 is 0 Å². The topological polar surface area (TPSA) is 75.4 Å². The maximum absolute atomic E-state index is 12.8. The first-order valence-electron chi connectivity index (χ1n) is 4.56. The number of halogens is 1. The third-order valence-corrected chi connectivity index (χ3v) is 1.41. The molecule has 0 bridgehead atoms. The molecule has 0 spiro atoms. The first-order chi connectivity index (χ1) is 7.00. The molecule has 5 heteroatoms. The minimum atomic E-state index is -0.858. The zero-order valence-corrected chi connectivity index (χ0v) is 8.97. The van der Waals surface area contributed by atoms with Gasteiger partial charge in [0.05, 0.1) is 5.69 Å². The van der Waals surface area contributed by atoms with Crippen molar-refractivity contribution in [3.05, 3.63) is 17.9 Å². The van der Waals surface area contributed by atoms with Crippen molar-refractivity contribution < 1.29 is 14.3 Å². The highest BCUT2D eigenvalue weighted by Crippen LogP contribution is 2.27. The van der Waals surface area contributed by atoms with Crippen molar-refractivity contribution >= 4 is 17.3 Å². The normalized spacial score (nSPS) is 8.80. The molecule has 4 N–H and O–H groups in total. The molecule has 0 fully saturated rings. The van der Waals surface area contributed by atoms with Gasteiger partial charge < -0.3 is 16.2 Å². The van der Waals surface area contributed by atoms with E-state index in [2.05, 4.69) is 5.32 Å². The molecule has 1 aromatic carbocycles. The zero-order valence-electron chi connectivity index (χ0n) is 8.97. The van der Waals surface area contributed by atoms with Crippen LogP contribution < -0.4 is 11.1 Å². The number of phenolic OH excluding ortho intramolecular Hbond substituents is 1. The quantitative estimate of drug-likeness (QED) is 0.380. The van der Waals surface area contributed by atoms with Gasteiger partial charge in [-0.15, -0.1) is 0 Å².